The minimum Gasteiger partial charge on any atom is -0.468 e. The molecule has 0 radical (unpaired) electrons. The van der Waals surface area contributed by atoms with E-state index in [4.69, 9.17) is 10.5 Å². The summed E-state index contributed by atoms with van der Waals surface area (Å²) in [5, 5.41) is 0. The van der Waals surface area contributed by atoms with Gasteiger partial charge in [-0.25, -0.2) is 0 Å². The van der Waals surface area contributed by atoms with Gasteiger partial charge in [-0.05, 0) is 39.8 Å². The highest BCUT2D eigenvalue weighted by Crippen LogP contribution is 2.28. The Morgan fingerprint density at radius 1 is 1.39 bits per heavy atom. The van der Waals surface area contributed by atoms with Crippen molar-refractivity contribution in [3.8, 4) is 0 Å². The van der Waals surface area contributed by atoms with Crippen LogP contribution in [0.5, 0.6) is 0 Å². The third kappa shape index (κ3) is 2.68. The molecule has 2 fully saturated rings. The number of carbonyl (C=O) groups is 1. The summed E-state index contributed by atoms with van der Waals surface area (Å²) in [6.07, 6.45) is 3.74. The Bertz CT molecular complexity index is 319. The van der Waals surface area contributed by atoms with E-state index >= 15 is 0 Å². The van der Waals surface area contributed by atoms with Crippen LogP contribution in [0.25, 0.3) is 0 Å². The van der Waals surface area contributed by atoms with Crippen molar-refractivity contribution in [1.29, 1.82) is 0 Å². The van der Waals surface area contributed by atoms with Gasteiger partial charge in [0.25, 0.3) is 0 Å². The summed E-state index contributed by atoms with van der Waals surface area (Å²) < 4.78 is 4.77. The van der Waals surface area contributed by atoms with Gasteiger partial charge in [-0.2, -0.15) is 0 Å². The molecule has 2 N–H and O–H groups in total. The molecule has 2 saturated heterocycles. The van der Waals surface area contributed by atoms with Crippen molar-refractivity contribution in [1.82, 2.24) is 9.80 Å². The van der Waals surface area contributed by atoms with Gasteiger partial charge in [0.05, 0.1) is 7.11 Å². The SMILES string of the molecule is COC(=O)C(C)(N)CN1CCC2CCC(C1)N2C. The van der Waals surface area contributed by atoms with Crippen molar-refractivity contribution in [3.63, 3.8) is 0 Å². The topological polar surface area (TPSA) is 58.8 Å². The number of fused-ring (bicyclic) bond motifs is 2. The molecular formula is C13H25N3O2. The average molecular weight is 255 g/mol. The number of nitrogens with two attached hydrogens (primary N) is 1. The van der Waals surface area contributed by atoms with Crippen LogP contribution in [0.15, 0.2) is 0 Å². The maximum atomic E-state index is 11.6. The molecule has 0 spiro atoms. The molecule has 18 heavy (non-hydrogen) atoms. The van der Waals surface area contributed by atoms with E-state index in [1.807, 2.05) is 0 Å². The molecule has 0 aromatic rings. The standard InChI is InChI=1S/C13H25N3O2/c1-13(14,12(17)18-3)9-16-7-6-10-4-5-11(8-16)15(10)2/h10-11H,4-9,14H2,1-3H3. The second-order valence-electron chi connectivity index (χ2n) is 5.98. The molecule has 0 saturated carbocycles. The fraction of sp³-hybridized carbons (Fsp3) is 0.923. The lowest BCUT2D eigenvalue weighted by atomic mass is 10.0. The zero-order chi connectivity index (χ0) is 13.3. The van der Waals surface area contributed by atoms with Crippen LogP contribution < -0.4 is 5.73 Å². The predicted molar refractivity (Wildman–Crippen MR) is 70.2 cm³/mol. The first-order chi connectivity index (χ1) is 8.44. The molecule has 3 unspecified atom stereocenters. The van der Waals surface area contributed by atoms with Crippen LogP contribution in [0.2, 0.25) is 0 Å². The highest BCUT2D eigenvalue weighted by atomic mass is 16.5. The fourth-order valence-electron chi connectivity index (χ4n) is 3.28. The fourth-order valence-corrected chi connectivity index (χ4v) is 3.28. The van der Waals surface area contributed by atoms with Crippen LogP contribution in [-0.2, 0) is 9.53 Å². The van der Waals surface area contributed by atoms with Gasteiger partial charge >= 0.3 is 5.97 Å². The summed E-state index contributed by atoms with van der Waals surface area (Å²) in [4.78, 5) is 16.4. The zero-order valence-electron chi connectivity index (χ0n) is 11.7. The minimum absolute atomic E-state index is 0.328. The van der Waals surface area contributed by atoms with Crippen LogP contribution in [0, 0.1) is 0 Å². The van der Waals surface area contributed by atoms with Crippen molar-refractivity contribution in [2.75, 3.05) is 33.8 Å². The molecule has 2 aliphatic heterocycles. The molecular weight excluding hydrogens is 230 g/mol. The van der Waals surface area contributed by atoms with E-state index in [1.54, 1.807) is 6.92 Å². The summed E-state index contributed by atoms with van der Waals surface area (Å²) >= 11 is 0. The number of esters is 1. The van der Waals surface area contributed by atoms with Crippen LogP contribution >= 0.6 is 0 Å². The summed E-state index contributed by atoms with van der Waals surface area (Å²) in [5.41, 5.74) is 5.15. The van der Waals surface area contributed by atoms with Gasteiger partial charge in [0.2, 0.25) is 0 Å². The third-order valence-corrected chi connectivity index (χ3v) is 4.44. The number of nitrogens with zero attached hydrogens (tertiary/aromatic N) is 2. The van der Waals surface area contributed by atoms with Crippen LogP contribution in [0.4, 0.5) is 0 Å². The van der Waals surface area contributed by atoms with Gasteiger partial charge in [-0.1, -0.05) is 0 Å². The Morgan fingerprint density at radius 3 is 2.72 bits per heavy atom. The summed E-state index contributed by atoms with van der Waals surface area (Å²) in [7, 11) is 3.61. The summed E-state index contributed by atoms with van der Waals surface area (Å²) in [6.45, 7) is 4.37. The van der Waals surface area contributed by atoms with Crippen LogP contribution in [0.1, 0.15) is 26.2 Å². The largest absolute Gasteiger partial charge is 0.468 e. The lowest BCUT2D eigenvalue weighted by molar-refractivity contribution is -0.147. The first-order valence-corrected chi connectivity index (χ1v) is 6.75. The van der Waals surface area contributed by atoms with Gasteiger partial charge in [-0.15, -0.1) is 0 Å². The maximum Gasteiger partial charge on any atom is 0.326 e. The predicted octanol–water partition coefficient (Wildman–Crippen LogP) is 0.0453. The average Bonchev–Trinajstić information content (AvgIpc) is 2.56. The van der Waals surface area contributed by atoms with Crippen molar-refractivity contribution in [2.45, 2.75) is 43.8 Å². The summed E-state index contributed by atoms with van der Waals surface area (Å²) in [5.74, 6) is -0.328. The van der Waals surface area contributed by atoms with E-state index in [-0.39, 0.29) is 5.97 Å². The maximum absolute atomic E-state index is 11.6. The molecule has 0 amide bonds. The lowest BCUT2D eigenvalue weighted by Crippen LogP contribution is -2.55. The smallest absolute Gasteiger partial charge is 0.326 e. The van der Waals surface area contributed by atoms with Crippen molar-refractivity contribution in [2.24, 2.45) is 5.73 Å². The van der Waals surface area contributed by atoms with Gasteiger partial charge in [0.1, 0.15) is 5.54 Å². The van der Waals surface area contributed by atoms with E-state index < -0.39 is 5.54 Å². The molecule has 5 heteroatoms. The van der Waals surface area contributed by atoms with E-state index in [0.29, 0.717) is 18.6 Å². The molecule has 0 aliphatic carbocycles. The quantitative estimate of drug-likeness (QED) is 0.722. The number of hydrogen-bond donors (Lipinski definition) is 1. The highest BCUT2D eigenvalue weighted by Gasteiger charge is 2.38. The van der Waals surface area contributed by atoms with Crippen LogP contribution in [-0.4, -0.2) is 67.2 Å². The molecule has 0 aromatic heterocycles. The van der Waals surface area contributed by atoms with Gasteiger partial charge in [0.15, 0.2) is 0 Å². The summed E-state index contributed by atoms with van der Waals surface area (Å²) in [6, 6.07) is 1.33. The molecule has 5 nitrogen and oxygen atoms in total. The van der Waals surface area contributed by atoms with Crippen molar-refractivity contribution < 1.29 is 9.53 Å². The number of methoxy groups -OCH3 is 1. The van der Waals surface area contributed by atoms with Gasteiger partial charge in [-0.3, -0.25) is 14.6 Å². The lowest BCUT2D eigenvalue weighted by Gasteiger charge is -2.31. The second-order valence-corrected chi connectivity index (χ2v) is 5.98. The van der Waals surface area contributed by atoms with Crippen molar-refractivity contribution in [3.05, 3.63) is 0 Å². The van der Waals surface area contributed by atoms with Gasteiger partial charge in [0, 0.05) is 25.2 Å². The Morgan fingerprint density at radius 2 is 2.06 bits per heavy atom. The Labute approximate surface area is 109 Å². The molecule has 104 valence electrons. The van der Waals surface area contributed by atoms with Gasteiger partial charge < -0.3 is 10.5 Å². The third-order valence-electron chi connectivity index (χ3n) is 4.44. The Hall–Kier alpha value is -0.650. The zero-order valence-corrected chi connectivity index (χ0v) is 11.7. The molecule has 0 aromatic carbocycles. The first kappa shape index (κ1) is 13.8. The molecule has 3 atom stereocenters. The molecule has 2 rings (SSSR count). The highest BCUT2D eigenvalue weighted by molar-refractivity contribution is 5.80. The number of likely N-dealkylation sites (tertiary alicyclic amines) is 1. The number of ether oxygens (including phenoxy) is 1. The minimum atomic E-state index is -0.906. The second kappa shape index (κ2) is 5.15. The van der Waals surface area contributed by atoms with E-state index in [1.165, 1.54) is 26.4 Å². The number of likely N-dealkylation sites (N-methyl/N-ethyl adjacent to an activating group) is 1. The van der Waals surface area contributed by atoms with E-state index in [2.05, 4.69) is 16.8 Å². The van der Waals surface area contributed by atoms with E-state index in [0.717, 1.165) is 13.1 Å². The number of carbonyl (C=O) groups excluding carboxylic acids is 1. The number of hydrogen-bond acceptors (Lipinski definition) is 5. The molecule has 2 bridgehead atoms. The first-order valence-electron chi connectivity index (χ1n) is 6.75. The molecule has 2 aliphatic rings. The monoisotopic (exact) mass is 255 g/mol. The number of rotatable bonds is 3. The van der Waals surface area contributed by atoms with Crippen LogP contribution in [0.3, 0.4) is 0 Å². The Kier molecular flexibility index (Phi) is 3.94. The van der Waals surface area contributed by atoms with Crippen molar-refractivity contribution >= 4 is 5.97 Å². The normalized spacial score (nSPS) is 32.9. The Balaban J connectivity index is 1.97. The molecule has 2 heterocycles. The van der Waals surface area contributed by atoms with E-state index in [9.17, 15) is 4.79 Å².